The summed E-state index contributed by atoms with van der Waals surface area (Å²) in [6.07, 6.45) is 6.76. The Morgan fingerprint density at radius 3 is 3.11 bits per heavy atom. The van der Waals surface area contributed by atoms with Gasteiger partial charge in [-0.2, -0.15) is 0 Å². The van der Waals surface area contributed by atoms with E-state index in [9.17, 15) is 0 Å². The molecule has 0 saturated heterocycles. The van der Waals surface area contributed by atoms with Crippen LogP contribution in [0, 0.1) is 0 Å². The molecule has 0 spiro atoms. The molecule has 0 amide bonds. The molecular weight excluding hydrogens is 116 g/mol. The predicted molar refractivity (Wildman–Crippen MR) is 34.9 cm³/mol. The number of ether oxygens (including phenoxy) is 1. The molecule has 0 aromatic carbocycles. The van der Waals surface area contributed by atoms with Gasteiger partial charge in [0, 0.05) is 6.42 Å². The quantitative estimate of drug-likeness (QED) is 0.607. The van der Waals surface area contributed by atoms with Crippen LogP contribution in [0.1, 0.15) is 6.42 Å². The highest BCUT2D eigenvalue weighted by Crippen LogP contribution is 2.10. The number of hydrogen-bond donors (Lipinski definition) is 1. The fourth-order valence-corrected chi connectivity index (χ4v) is 0.711. The maximum absolute atomic E-state index is 8.35. The first-order valence-electron chi connectivity index (χ1n) is 3.03. The topological polar surface area (TPSA) is 29.5 Å². The van der Waals surface area contributed by atoms with Crippen LogP contribution in [0.4, 0.5) is 0 Å². The van der Waals surface area contributed by atoms with Crippen LogP contribution in [0.3, 0.4) is 0 Å². The maximum atomic E-state index is 8.35. The van der Waals surface area contributed by atoms with Gasteiger partial charge >= 0.3 is 0 Å². The minimum absolute atomic E-state index is 0.0946. The number of allylic oxidation sites excluding steroid dienone is 3. The molecule has 2 heteroatoms. The summed E-state index contributed by atoms with van der Waals surface area (Å²) < 4.78 is 5.10. The molecule has 1 aliphatic rings. The Balaban J connectivity index is 2.14. The van der Waals surface area contributed by atoms with Gasteiger partial charge in [0.2, 0.25) is 0 Å². The molecule has 50 valence electrons. The second kappa shape index (κ2) is 3.30. The van der Waals surface area contributed by atoms with Crippen LogP contribution >= 0.6 is 0 Å². The largest absolute Gasteiger partial charge is 0.495 e. The second-order valence-corrected chi connectivity index (χ2v) is 1.84. The lowest BCUT2D eigenvalue weighted by Crippen LogP contribution is -1.96. The molecule has 0 aliphatic heterocycles. The van der Waals surface area contributed by atoms with Crippen molar-refractivity contribution in [2.24, 2.45) is 0 Å². The lowest BCUT2D eigenvalue weighted by molar-refractivity contribution is 0.143. The molecule has 0 saturated carbocycles. The summed E-state index contributed by atoms with van der Waals surface area (Å²) in [4.78, 5) is 0. The van der Waals surface area contributed by atoms with E-state index in [0.29, 0.717) is 6.61 Å². The Morgan fingerprint density at radius 2 is 2.56 bits per heavy atom. The highest BCUT2D eigenvalue weighted by atomic mass is 16.5. The third kappa shape index (κ3) is 1.90. The van der Waals surface area contributed by atoms with Crippen LogP contribution in [0.5, 0.6) is 0 Å². The molecule has 0 heterocycles. The van der Waals surface area contributed by atoms with Gasteiger partial charge in [0.15, 0.2) is 0 Å². The fourth-order valence-electron chi connectivity index (χ4n) is 0.711. The van der Waals surface area contributed by atoms with Gasteiger partial charge in [0.05, 0.1) is 12.4 Å². The number of hydrogen-bond acceptors (Lipinski definition) is 2. The van der Waals surface area contributed by atoms with Gasteiger partial charge in [-0.25, -0.2) is 0 Å². The van der Waals surface area contributed by atoms with E-state index in [-0.39, 0.29) is 6.61 Å². The van der Waals surface area contributed by atoms with Gasteiger partial charge in [0.1, 0.15) is 6.61 Å². The van der Waals surface area contributed by atoms with Crippen LogP contribution in [0.2, 0.25) is 0 Å². The summed E-state index contributed by atoms with van der Waals surface area (Å²) in [6, 6.07) is 0. The molecule has 0 atom stereocenters. The summed E-state index contributed by atoms with van der Waals surface area (Å²) in [6.45, 7) is 0.505. The normalized spacial score (nSPS) is 15.9. The van der Waals surface area contributed by atoms with Crippen molar-refractivity contribution in [3.8, 4) is 0 Å². The molecule has 1 rings (SSSR count). The van der Waals surface area contributed by atoms with Crippen molar-refractivity contribution in [2.45, 2.75) is 6.42 Å². The molecule has 2 nitrogen and oxygen atoms in total. The summed E-state index contributed by atoms with van der Waals surface area (Å²) in [7, 11) is 0. The van der Waals surface area contributed by atoms with E-state index in [1.54, 1.807) is 0 Å². The monoisotopic (exact) mass is 126 g/mol. The SMILES string of the molecule is OCCOC1=CC=CC1. The zero-order valence-electron chi connectivity index (χ0n) is 5.21. The van der Waals surface area contributed by atoms with Crippen molar-refractivity contribution < 1.29 is 9.84 Å². The van der Waals surface area contributed by atoms with Crippen LogP contribution in [0.25, 0.3) is 0 Å². The molecule has 0 aromatic heterocycles. The Kier molecular flexibility index (Phi) is 2.33. The molecule has 0 unspecified atom stereocenters. The number of rotatable bonds is 3. The third-order valence-corrected chi connectivity index (χ3v) is 1.12. The lowest BCUT2D eigenvalue weighted by atomic mass is 10.4. The van der Waals surface area contributed by atoms with Crippen molar-refractivity contribution in [1.29, 1.82) is 0 Å². The highest BCUT2D eigenvalue weighted by Gasteiger charge is 1.97. The molecule has 0 radical (unpaired) electrons. The smallest absolute Gasteiger partial charge is 0.111 e. The van der Waals surface area contributed by atoms with Crippen molar-refractivity contribution in [2.75, 3.05) is 13.2 Å². The van der Waals surface area contributed by atoms with Gasteiger partial charge in [0.25, 0.3) is 0 Å². The third-order valence-electron chi connectivity index (χ3n) is 1.12. The van der Waals surface area contributed by atoms with E-state index in [2.05, 4.69) is 0 Å². The van der Waals surface area contributed by atoms with Crippen molar-refractivity contribution in [3.63, 3.8) is 0 Å². The predicted octanol–water partition coefficient (Wildman–Crippen LogP) is 0.839. The average Bonchev–Trinajstić information content (AvgIpc) is 2.34. The first-order valence-corrected chi connectivity index (χ1v) is 3.03. The van der Waals surface area contributed by atoms with Gasteiger partial charge in [-0.05, 0) is 6.08 Å². The van der Waals surface area contributed by atoms with Crippen molar-refractivity contribution in [1.82, 2.24) is 0 Å². The average molecular weight is 126 g/mol. The number of aliphatic hydroxyl groups excluding tert-OH is 1. The van der Waals surface area contributed by atoms with Crippen LogP contribution in [-0.2, 0) is 4.74 Å². The van der Waals surface area contributed by atoms with Crippen LogP contribution < -0.4 is 0 Å². The van der Waals surface area contributed by atoms with E-state index in [1.165, 1.54) is 0 Å². The molecular formula is C7H10O2. The van der Waals surface area contributed by atoms with E-state index < -0.39 is 0 Å². The van der Waals surface area contributed by atoms with Crippen molar-refractivity contribution in [3.05, 3.63) is 24.0 Å². The Bertz CT molecular complexity index is 136. The lowest BCUT2D eigenvalue weighted by Gasteiger charge is -2.02. The fraction of sp³-hybridized carbons (Fsp3) is 0.429. The summed E-state index contributed by atoms with van der Waals surface area (Å²) in [5, 5.41) is 8.35. The van der Waals surface area contributed by atoms with Gasteiger partial charge < -0.3 is 9.84 Å². The van der Waals surface area contributed by atoms with Crippen molar-refractivity contribution >= 4 is 0 Å². The van der Waals surface area contributed by atoms with E-state index in [4.69, 9.17) is 9.84 Å². The van der Waals surface area contributed by atoms with Gasteiger partial charge in [-0.15, -0.1) is 0 Å². The maximum Gasteiger partial charge on any atom is 0.111 e. The Morgan fingerprint density at radius 1 is 1.67 bits per heavy atom. The second-order valence-electron chi connectivity index (χ2n) is 1.84. The zero-order valence-corrected chi connectivity index (χ0v) is 5.21. The number of aliphatic hydroxyl groups is 1. The Hall–Kier alpha value is -0.760. The van der Waals surface area contributed by atoms with Crippen LogP contribution in [0.15, 0.2) is 24.0 Å². The first-order chi connectivity index (χ1) is 4.43. The van der Waals surface area contributed by atoms with E-state index in [1.807, 2.05) is 18.2 Å². The zero-order chi connectivity index (χ0) is 6.53. The highest BCUT2D eigenvalue weighted by molar-refractivity contribution is 5.18. The molecule has 1 aliphatic carbocycles. The molecule has 0 fully saturated rings. The van der Waals surface area contributed by atoms with E-state index in [0.717, 1.165) is 12.2 Å². The summed E-state index contributed by atoms with van der Waals surface area (Å²) in [5.74, 6) is 0.948. The standard InChI is InChI=1S/C7H10O2/c8-5-6-9-7-3-1-2-4-7/h1-3,8H,4-6H2. The molecule has 1 N–H and O–H groups in total. The molecule has 0 bridgehead atoms. The Labute approximate surface area is 54.5 Å². The summed E-state index contributed by atoms with van der Waals surface area (Å²) in [5.41, 5.74) is 0. The van der Waals surface area contributed by atoms with Gasteiger partial charge in [-0.1, -0.05) is 12.2 Å². The van der Waals surface area contributed by atoms with E-state index >= 15 is 0 Å². The first kappa shape index (κ1) is 6.36. The molecule has 0 aromatic rings. The minimum Gasteiger partial charge on any atom is -0.495 e. The molecule has 9 heavy (non-hydrogen) atoms. The van der Waals surface area contributed by atoms with Crippen LogP contribution in [-0.4, -0.2) is 18.3 Å². The minimum atomic E-state index is 0.0946. The van der Waals surface area contributed by atoms with Gasteiger partial charge in [-0.3, -0.25) is 0 Å². The summed E-state index contributed by atoms with van der Waals surface area (Å²) >= 11 is 0.